The molecule has 310 valence electrons. The minimum absolute atomic E-state index is 0.0873. The van der Waals surface area contributed by atoms with Crippen LogP contribution in [0.25, 0.3) is 66.6 Å². The van der Waals surface area contributed by atoms with Gasteiger partial charge >= 0.3 is 0 Å². The molecule has 7 N–H and O–H groups in total. The number of carbonyl (C=O) groups is 1. The van der Waals surface area contributed by atoms with Crippen LogP contribution in [-0.4, -0.2) is 102 Å². The van der Waals surface area contributed by atoms with Crippen LogP contribution in [0.1, 0.15) is 64.1 Å². The van der Waals surface area contributed by atoms with Crippen LogP contribution < -0.4 is 11.5 Å². The van der Waals surface area contributed by atoms with Crippen molar-refractivity contribution in [2.75, 3.05) is 37.6 Å². The van der Waals surface area contributed by atoms with Crippen LogP contribution in [0.4, 0.5) is 11.6 Å². The van der Waals surface area contributed by atoms with Crippen molar-refractivity contribution in [3.8, 4) is 28.5 Å². The standard InChI is InChI=1S/C22H26ClN7.C20H20ClN7O2/c1-12(2)29-8-6-14(7-9-29)30-22-18(21(24)25-11-26-22)20(28-30)17-10-15-16(23)5-4-13(3)19(15)27-17;1-10(29)27-4-2-12(3-5-27)28-20-16(19(22)23-9-24-20)18(26-28)15-7-11-6-13(30)8-14(21)17(11)25-15/h4-5,10-12,14,27H,6-9H2,1-3H3,(H2,24,25,26);6-9,12,25,30H,2-5H2,1H3,(H2,22,23,24). The molecule has 2 aliphatic heterocycles. The largest absolute Gasteiger partial charge is 0.508 e. The number of aromatic nitrogens is 10. The molecule has 0 radical (unpaired) electrons. The number of benzene rings is 2. The predicted octanol–water partition coefficient (Wildman–Crippen LogP) is 7.66. The fraction of sp³-hybridized carbons (Fsp3) is 0.357. The molecule has 0 spiro atoms. The summed E-state index contributed by atoms with van der Waals surface area (Å²) in [6, 6.07) is 11.9. The van der Waals surface area contributed by atoms with Crippen LogP contribution in [0.3, 0.4) is 0 Å². The lowest BCUT2D eigenvalue weighted by atomic mass is 10.0. The molecule has 1 amide bonds. The van der Waals surface area contributed by atoms with Gasteiger partial charge in [0.05, 0.1) is 50.3 Å². The molecule has 2 aromatic carbocycles. The van der Waals surface area contributed by atoms with E-state index in [0.717, 1.165) is 83.0 Å². The number of carbonyl (C=O) groups excluding carboxylic acids is 1. The summed E-state index contributed by atoms with van der Waals surface area (Å²) in [5.41, 5.74) is 19.8. The average Bonchev–Trinajstić information content (AvgIpc) is 4.04. The van der Waals surface area contributed by atoms with Crippen molar-refractivity contribution in [2.45, 2.75) is 71.5 Å². The molecule has 2 fully saturated rings. The van der Waals surface area contributed by atoms with E-state index in [1.807, 2.05) is 33.8 Å². The maximum Gasteiger partial charge on any atom is 0.219 e. The van der Waals surface area contributed by atoms with Crippen LogP contribution in [0.2, 0.25) is 10.0 Å². The molecule has 0 saturated carbocycles. The first-order valence-electron chi connectivity index (χ1n) is 20.1. The van der Waals surface area contributed by atoms with Crippen LogP contribution in [-0.2, 0) is 4.79 Å². The summed E-state index contributed by atoms with van der Waals surface area (Å²) in [6.45, 7) is 11.6. The molecule has 8 aromatic rings. The normalized spacial score (nSPS) is 15.8. The molecule has 10 rings (SSSR count). The number of likely N-dealkylation sites (tertiary alicyclic amines) is 2. The molecule has 18 heteroatoms. The van der Waals surface area contributed by atoms with Gasteiger partial charge in [-0.05, 0) is 76.3 Å². The molecule has 8 heterocycles. The Kier molecular flexibility index (Phi) is 10.2. The number of aromatic amines is 2. The summed E-state index contributed by atoms with van der Waals surface area (Å²) in [7, 11) is 0. The van der Waals surface area contributed by atoms with E-state index < -0.39 is 0 Å². The van der Waals surface area contributed by atoms with E-state index in [1.165, 1.54) is 18.7 Å². The van der Waals surface area contributed by atoms with E-state index in [2.05, 4.69) is 60.3 Å². The van der Waals surface area contributed by atoms with E-state index in [4.69, 9.17) is 44.9 Å². The monoisotopic (exact) mass is 848 g/mol. The number of aryl methyl sites for hydroxylation is 1. The molecular weight excluding hydrogens is 803 g/mol. The Balaban J connectivity index is 0.000000154. The summed E-state index contributed by atoms with van der Waals surface area (Å²) < 4.78 is 3.95. The quantitative estimate of drug-likeness (QED) is 0.113. The maximum atomic E-state index is 11.7. The van der Waals surface area contributed by atoms with Gasteiger partial charge in [0.15, 0.2) is 11.3 Å². The maximum absolute atomic E-state index is 11.7. The van der Waals surface area contributed by atoms with Crippen molar-refractivity contribution in [2.24, 2.45) is 0 Å². The minimum atomic E-state index is 0.0873. The summed E-state index contributed by atoms with van der Waals surface area (Å²) in [4.78, 5) is 40.2. The first kappa shape index (κ1) is 39.5. The zero-order chi connectivity index (χ0) is 42.0. The van der Waals surface area contributed by atoms with Gasteiger partial charge in [-0.15, -0.1) is 0 Å². The molecule has 60 heavy (non-hydrogen) atoms. The van der Waals surface area contributed by atoms with Gasteiger partial charge < -0.3 is 36.3 Å². The number of nitrogens with one attached hydrogen (secondary N) is 2. The van der Waals surface area contributed by atoms with Crippen LogP contribution in [0, 0.1) is 6.92 Å². The smallest absolute Gasteiger partial charge is 0.219 e. The second-order valence-corrected chi connectivity index (χ2v) is 16.8. The van der Waals surface area contributed by atoms with Gasteiger partial charge in [-0.25, -0.2) is 29.3 Å². The third kappa shape index (κ3) is 7.01. The fourth-order valence-corrected chi connectivity index (χ4v) is 9.19. The number of phenolic OH excluding ortho intramolecular Hbond substituents is 1. The summed E-state index contributed by atoms with van der Waals surface area (Å²) >= 11 is 12.7. The zero-order valence-electron chi connectivity index (χ0n) is 33.7. The number of amides is 1. The zero-order valence-corrected chi connectivity index (χ0v) is 35.3. The second kappa shape index (κ2) is 15.6. The fourth-order valence-electron chi connectivity index (χ4n) is 8.71. The highest BCUT2D eigenvalue weighted by Gasteiger charge is 2.29. The Morgan fingerprint density at radius 2 is 1.32 bits per heavy atom. The van der Waals surface area contributed by atoms with Crippen molar-refractivity contribution in [3.63, 3.8) is 0 Å². The topological polar surface area (TPSA) is 215 Å². The van der Waals surface area contributed by atoms with Crippen molar-refractivity contribution in [3.05, 3.63) is 64.7 Å². The lowest BCUT2D eigenvalue weighted by Crippen LogP contribution is -2.39. The van der Waals surface area contributed by atoms with Crippen LogP contribution in [0.15, 0.2) is 49.1 Å². The van der Waals surface area contributed by atoms with Crippen molar-refractivity contribution in [1.29, 1.82) is 0 Å². The molecule has 0 atom stereocenters. The van der Waals surface area contributed by atoms with Crippen LogP contribution >= 0.6 is 23.2 Å². The number of anilines is 2. The summed E-state index contributed by atoms with van der Waals surface area (Å²) in [6.07, 6.45) is 6.60. The lowest BCUT2D eigenvalue weighted by Gasteiger charge is -2.34. The number of piperidine rings is 2. The molecule has 16 nitrogen and oxygen atoms in total. The number of nitrogen functional groups attached to an aromatic ring is 2. The van der Waals surface area contributed by atoms with Gasteiger partial charge in [0.25, 0.3) is 0 Å². The first-order chi connectivity index (χ1) is 28.9. The Labute approximate surface area is 354 Å². The van der Waals surface area contributed by atoms with E-state index in [1.54, 1.807) is 13.0 Å². The second-order valence-electron chi connectivity index (χ2n) is 16.0. The summed E-state index contributed by atoms with van der Waals surface area (Å²) in [5.74, 6) is 0.968. The number of aromatic hydroxyl groups is 1. The molecule has 2 aliphatic rings. The highest BCUT2D eigenvalue weighted by atomic mass is 35.5. The summed E-state index contributed by atoms with van der Waals surface area (Å²) in [5, 5.41) is 24.1. The molecule has 0 bridgehead atoms. The van der Waals surface area contributed by atoms with E-state index in [0.29, 0.717) is 74.8 Å². The highest BCUT2D eigenvalue weighted by molar-refractivity contribution is 6.36. The number of halogens is 2. The van der Waals surface area contributed by atoms with Crippen molar-refractivity contribution >= 4 is 84.6 Å². The third-order valence-electron chi connectivity index (χ3n) is 12.0. The van der Waals surface area contributed by atoms with Gasteiger partial charge in [-0.1, -0.05) is 29.3 Å². The molecule has 6 aromatic heterocycles. The Morgan fingerprint density at radius 3 is 1.87 bits per heavy atom. The van der Waals surface area contributed by atoms with Gasteiger partial charge in [0, 0.05) is 61.0 Å². The van der Waals surface area contributed by atoms with E-state index >= 15 is 0 Å². The number of nitrogens with zero attached hydrogens (tertiary/aromatic N) is 10. The van der Waals surface area contributed by atoms with E-state index in [-0.39, 0.29) is 17.7 Å². The van der Waals surface area contributed by atoms with Crippen molar-refractivity contribution in [1.82, 2.24) is 59.3 Å². The third-order valence-corrected chi connectivity index (χ3v) is 12.6. The highest BCUT2D eigenvalue weighted by Crippen LogP contribution is 2.39. The van der Waals surface area contributed by atoms with Gasteiger partial charge in [0.1, 0.15) is 41.4 Å². The van der Waals surface area contributed by atoms with E-state index in [9.17, 15) is 9.90 Å². The Hall–Kier alpha value is -5.97. The van der Waals surface area contributed by atoms with Crippen molar-refractivity contribution < 1.29 is 9.90 Å². The molecular formula is C42H46Cl2N14O2. The number of phenols is 1. The number of rotatable bonds is 5. The first-order valence-corrected chi connectivity index (χ1v) is 20.9. The van der Waals surface area contributed by atoms with Gasteiger partial charge in [-0.3, -0.25) is 4.79 Å². The molecule has 0 aliphatic carbocycles. The lowest BCUT2D eigenvalue weighted by molar-refractivity contribution is -0.130. The van der Waals surface area contributed by atoms with Gasteiger partial charge in [-0.2, -0.15) is 10.2 Å². The predicted molar refractivity (Wildman–Crippen MR) is 236 cm³/mol. The number of hydrogen-bond donors (Lipinski definition) is 5. The van der Waals surface area contributed by atoms with Crippen LogP contribution in [0.5, 0.6) is 5.75 Å². The van der Waals surface area contributed by atoms with Gasteiger partial charge in [0.2, 0.25) is 5.91 Å². The molecule has 0 unspecified atom stereocenters. The minimum Gasteiger partial charge on any atom is -0.508 e. The number of nitrogens with two attached hydrogens (primary N) is 2. The Morgan fingerprint density at radius 1 is 0.767 bits per heavy atom. The number of H-pyrrole nitrogens is 2. The SMILES string of the molecule is CC(=O)N1CCC(n2nc(-c3cc4cc(O)cc(Cl)c4[nH]3)c3c(N)ncnc32)CC1.Cc1ccc(Cl)c2cc(-c3nn(C4CCN(C(C)C)CC4)c4ncnc(N)c34)[nH]c12. The Bertz CT molecular complexity index is 2880. The number of fused-ring (bicyclic) bond motifs is 4. The number of hydrogen-bond acceptors (Lipinski definition) is 11. The molecule has 2 saturated heterocycles. The average molecular weight is 850 g/mol.